The Morgan fingerprint density at radius 3 is 2.18 bits per heavy atom. The van der Waals surface area contributed by atoms with Crippen molar-refractivity contribution >= 4 is 11.9 Å². The monoisotopic (exact) mass is 523 g/mol. The molecule has 38 heavy (non-hydrogen) atoms. The largest absolute Gasteiger partial charge is 0.465 e. The van der Waals surface area contributed by atoms with Gasteiger partial charge in [-0.2, -0.15) is 13.2 Å². The van der Waals surface area contributed by atoms with Gasteiger partial charge in [0.1, 0.15) is 17.3 Å². The molecule has 0 saturated carbocycles. The number of ether oxygens (including phenoxy) is 2. The van der Waals surface area contributed by atoms with Gasteiger partial charge in [0.05, 0.1) is 23.8 Å². The van der Waals surface area contributed by atoms with Gasteiger partial charge < -0.3 is 14.8 Å². The Balaban J connectivity index is 1.63. The summed E-state index contributed by atoms with van der Waals surface area (Å²) in [7, 11) is 1.27. The summed E-state index contributed by atoms with van der Waals surface area (Å²) in [5.41, 5.74) is 0.932. The van der Waals surface area contributed by atoms with Crippen LogP contribution >= 0.6 is 0 Å². The van der Waals surface area contributed by atoms with E-state index in [1.165, 1.54) is 61.7 Å². The van der Waals surface area contributed by atoms with Gasteiger partial charge in [-0.1, -0.05) is 30.3 Å². The Kier molecular flexibility index (Phi) is 7.76. The lowest BCUT2D eigenvalue weighted by Gasteiger charge is -2.14. The fourth-order valence-electron chi connectivity index (χ4n) is 3.63. The van der Waals surface area contributed by atoms with Gasteiger partial charge in [0, 0.05) is 6.54 Å². The first-order valence-electron chi connectivity index (χ1n) is 11.3. The molecule has 4 aromatic rings. The summed E-state index contributed by atoms with van der Waals surface area (Å²) in [4.78, 5) is 24.8. The van der Waals surface area contributed by atoms with Crippen molar-refractivity contribution in [3.05, 3.63) is 119 Å². The smallest absolute Gasteiger partial charge is 0.416 e. The Morgan fingerprint density at radius 1 is 0.842 bits per heavy atom. The highest BCUT2D eigenvalue weighted by Crippen LogP contribution is 2.34. The maximum Gasteiger partial charge on any atom is 0.416 e. The lowest BCUT2D eigenvalue weighted by molar-refractivity contribution is -0.137. The van der Waals surface area contributed by atoms with Crippen LogP contribution in [0.4, 0.5) is 17.6 Å². The molecule has 1 amide bonds. The minimum atomic E-state index is -4.52. The number of hydrogen-bond donors (Lipinski definition) is 1. The van der Waals surface area contributed by atoms with Crippen molar-refractivity contribution in [3.63, 3.8) is 0 Å². The summed E-state index contributed by atoms with van der Waals surface area (Å²) >= 11 is 0. The van der Waals surface area contributed by atoms with Crippen LogP contribution in [-0.4, -0.2) is 19.0 Å². The molecule has 0 aliphatic heterocycles. The van der Waals surface area contributed by atoms with Gasteiger partial charge in [-0.25, -0.2) is 9.18 Å². The normalized spacial score (nSPS) is 11.1. The van der Waals surface area contributed by atoms with Gasteiger partial charge in [-0.15, -0.1) is 0 Å². The predicted octanol–water partition coefficient (Wildman–Crippen LogP) is 7.02. The van der Waals surface area contributed by atoms with Crippen molar-refractivity contribution in [3.8, 4) is 22.6 Å². The Morgan fingerprint density at radius 2 is 1.53 bits per heavy atom. The number of halogens is 4. The van der Waals surface area contributed by atoms with E-state index in [9.17, 15) is 27.2 Å². The van der Waals surface area contributed by atoms with Gasteiger partial charge >= 0.3 is 12.1 Å². The number of amides is 1. The van der Waals surface area contributed by atoms with Gasteiger partial charge in [0.25, 0.3) is 5.91 Å². The summed E-state index contributed by atoms with van der Waals surface area (Å²) in [6.45, 7) is 0.101. The second-order valence-electron chi connectivity index (χ2n) is 8.22. The van der Waals surface area contributed by atoms with E-state index in [1.54, 1.807) is 24.3 Å². The van der Waals surface area contributed by atoms with Crippen LogP contribution in [-0.2, 0) is 17.5 Å². The van der Waals surface area contributed by atoms with Crippen LogP contribution in [0.2, 0.25) is 0 Å². The third-order valence-electron chi connectivity index (χ3n) is 5.62. The quantitative estimate of drug-likeness (QED) is 0.209. The molecular weight excluding hydrogens is 502 g/mol. The molecule has 0 aliphatic carbocycles. The number of benzene rings is 4. The second kappa shape index (κ2) is 11.2. The van der Waals surface area contributed by atoms with Crippen molar-refractivity contribution in [2.45, 2.75) is 12.7 Å². The number of esters is 1. The van der Waals surface area contributed by atoms with Gasteiger partial charge in [-0.3, -0.25) is 4.79 Å². The molecule has 0 aromatic heterocycles. The standard InChI is InChI=1S/C29H21F4NO4/c1-37-28(36)19-7-5-18(6-8-19)17-34-27(35)25-16-21(20-3-2-4-22(15-20)29(31,32)33)9-14-26(25)38-24-12-10-23(30)11-13-24/h2-16H,17H2,1H3,(H,34,35). The fraction of sp³-hybridized carbons (Fsp3) is 0.103. The molecule has 194 valence electrons. The summed E-state index contributed by atoms with van der Waals surface area (Å²) in [6, 6.07) is 20.8. The summed E-state index contributed by atoms with van der Waals surface area (Å²) in [6.07, 6.45) is -4.52. The van der Waals surface area contributed by atoms with Crippen molar-refractivity contribution in [2.24, 2.45) is 0 Å². The topological polar surface area (TPSA) is 64.6 Å². The van der Waals surface area contributed by atoms with E-state index in [4.69, 9.17) is 4.74 Å². The van der Waals surface area contributed by atoms with E-state index in [-0.39, 0.29) is 29.2 Å². The summed E-state index contributed by atoms with van der Waals surface area (Å²) in [5, 5.41) is 2.75. The van der Waals surface area contributed by atoms with Crippen molar-refractivity contribution < 1.29 is 36.6 Å². The number of methoxy groups -OCH3 is 1. The van der Waals surface area contributed by atoms with Crippen LogP contribution in [0.1, 0.15) is 31.8 Å². The molecule has 0 saturated heterocycles. The van der Waals surface area contributed by atoms with Crippen LogP contribution in [0.15, 0.2) is 91.0 Å². The molecule has 0 spiro atoms. The molecule has 5 nitrogen and oxygen atoms in total. The molecule has 4 aromatic carbocycles. The number of rotatable bonds is 7. The molecule has 0 heterocycles. The van der Waals surface area contributed by atoms with Crippen LogP contribution in [0, 0.1) is 5.82 Å². The Hall–Kier alpha value is -4.66. The highest BCUT2D eigenvalue weighted by Gasteiger charge is 2.30. The second-order valence-corrected chi connectivity index (χ2v) is 8.22. The molecular formula is C29H21F4NO4. The average molecular weight is 523 g/mol. The third-order valence-corrected chi connectivity index (χ3v) is 5.62. The van der Waals surface area contributed by atoms with Crippen LogP contribution in [0.25, 0.3) is 11.1 Å². The minimum absolute atomic E-state index is 0.0652. The first-order chi connectivity index (χ1) is 18.1. The third kappa shape index (κ3) is 6.36. The molecule has 0 unspecified atom stereocenters. The first kappa shape index (κ1) is 26.4. The highest BCUT2D eigenvalue weighted by molar-refractivity contribution is 5.98. The van der Waals surface area contributed by atoms with Gasteiger partial charge in [-0.05, 0) is 77.4 Å². The van der Waals surface area contributed by atoms with Crippen molar-refractivity contribution in [2.75, 3.05) is 7.11 Å². The SMILES string of the molecule is COC(=O)c1ccc(CNC(=O)c2cc(-c3cccc(C(F)(F)F)c3)ccc2Oc2ccc(F)cc2)cc1. The summed E-state index contributed by atoms with van der Waals surface area (Å²) < 4.78 is 63.5. The number of nitrogens with one attached hydrogen (secondary N) is 1. The van der Waals surface area contributed by atoms with E-state index in [1.807, 2.05) is 0 Å². The minimum Gasteiger partial charge on any atom is -0.465 e. The predicted molar refractivity (Wildman–Crippen MR) is 132 cm³/mol. The molecule has 9 heteroatoms. The summed E-state index contributed by atoms with van der Waals surface area (Å²) in [5.74, 6) is -1.10. The van der Waals surface area contributed by atoms with Gasteiger partial charge in [0.2, 0.25) is 0 Å². The number of carbonyl (C=O) groups excluding carboxylic acids is 2. The maximum absolute atomic E-state index is 13.3. The first-order valence-corrected chi connectivity index (χ1v) is 11.3. The molecule has 4 rings (SSSR count). The van der Waals surface area contributed by atoms with Crippen LogP contribution < -0.4 is 10.1 Å². The zero-order chi connectivity index (χ0) is 27.3. The lowest BCUT2D eigenvalue weighted by atomic mass is 10.00. The average Bonchev–Trinajstić information content (AvgIpc) is 2.92. The van der Waals surface area contributed by atoms with E-state index in [2.05, 4.69) is 10.1 Å². The number of hydrogen-bond acceptors (Lipinski definition) is 4. The molecule has 0 bridgehead atoms. The maximum atomic E-state index is 13.3. The molecule has 0 atom stereocenters. The molecule has 0 radical (unpaired) electrons. The highest BCUT2D eigenvalue weighted by atomic mass is 19.4. The Bertz CT molecular complexity index is 1450. The van der Waals surface area contributed by atoms with Crippen LogP contribution in [0.3, 0.4) is 0 Å². The zero-order valence-electron chi connectivity index (χ0n) is 20.0. The van der Waals surface area contributed by atoms with Crippen molar-refractivity contribution in [1.82, 2.24) is 5.32 Å². The van der Waals surface area contributed by atoms with E-state index < -0.39 is 29.4 Å². The van der Waals surface area contributed by atoms with E-state index >= 15 is 0 Å². The van der Waals surface area contributed by atoms with Crippen molar-refractivity contribution in [1.29, 1.82) is 0 Å². The zero-order valence-corrected chi connectivity index (χ0v) is 20.0. The molecule has 0 aliphatic rings. The Labute approximate surface area is 215 Å². The number of alkyl halides is 3. The molecule has 0 fully saturated rings. The van der Waals surface area contributed by atoms with E-state index in [0.717, 1.165) is 12.1 Å². The lowest BCUT2D eigenvalue weighted by Crippen LogP contribution is -2.23. The van der Waals surface area contributed by atoms with Gasteiger partial charge in [0.15, 0.2) is 0 Å². The molecule has 1 N–H and O–H groups in total. The fourth-order valence-corrected chi connectivity index (χ4v) is 3.63. The van der Waals surface area contributed by atoms with E-state index in [0.29, 0.717) is 16.7 Å². The van der Waals surface area contributed by atoms with Crippen LogP contribution in [0.5, 0.6) is 11.5 Å². The number of carbonyl (C=O) groups is 2.